The van der Waals surface area contributed by atoms with Crippen molar-refractivity contribution in [2.75, 3.05) is 0 Å². The topological polar surface area (TPSA) is 0 Å². The highest BCUT2D eigenvalue weighted by Crippen LogP contribution is 2.47. The van der Waals surface area contributed by atoms with E-state index in [1.807, 2.05) is 30.3 Å². The van der Waals surface area contributed by atoms with Crippen LogP contribution < -0.4 is 31.8 Å². The first-order valence-electron chi connectivity index (χ1n) is 17.9. The molecule has 0 radical (unpaired) electrons. The van der Waals surface area contributed by atoms with Crippen molar-refractivity contribution in [3.8, 4) is 0 Å². The second kappa shape index (κ2) is 13.7. The summed E-state index contributed by atoms with van der Waals surface area (Å²) >= 11 is 0. The minimum atomic E-state index is -4.55. The van der Waals surface area contributed by atoms with E-state index in [2.05, 4.69) is 99.0 Å². The molecular weight excluding hydrogens is 752 g/mol. The zero-order valence-corrected chi connectivity index (χ0v) is 32.4. The lowest BCUT2D eigenvalue weighted by Crippen LogP contribution is -2.26. The predicted octanol–water partition coefficient (Wildman–Crippen LogP) is 11.3. The maximum atomic E-state index is 13.6. The molecule has 0 heterocycles. The van der Waals surface area contributed by atoms with Gasteiger partial charge in [0.25, 0.3) is 0 Å². The summed E-state index contributed by atoms with van der Waals surface area (Å²) in [7, 11) is 0. The molecule has 8 heteroatoms. The highest BCUT2D eigenvalue weighted by molar-refractivity contribution is 7.93. The van der Waals surface area contributed by atoms with E-state index in [4.69, 9.17) is 6.30 Å². The largest absolute Gasteiger partial charge is 0.416 e. The molecule has 8 aromatic carbocycles. The van der Waals surface area contributed by atoms with Gasteiger partial charge in [-0.05, 0) is 128 Å². The van der Waals surface area contributed by atoms with Gasteiger partial charge in [0.1, 0.15) is 0 Å². The standard InChI is InChI=1S/C48H36F6P2/c1-31-9-17-35(18-10-31)55(3,36-19-11-32(2)12-20-36)39-25-27-43-44-28-26-40(30-46(44)42-8-6-5-7-41(42)45(43)29-39)56(4,37-21-13-33(14-22-37)47(49,50)51)38-23-15-34(16-24-38)48(52,53)54/h5-30H,3-4H2,1-2H3. The van der Waals surface area contributed by atoms with Crippen molar-refractivity contribution in [1.29, 1.82) is 0 Å². The van der Waals surface area contributed by atoms with E-state index in [0.717, 1.165) is 67.2 Å². The molecule has 0 nitrogen and oxygen atoms in total. The summed E-state index contributed by atoms with van der Waals surface area (Å²) in [6.07, 6.45) is 0.575. The maximum absolute atomic E-state index is 13.6. The average Bonchev–Trinajstić information content (AvgIpc) is 3.20. The molecule has 0 aliphatic carbocycles. The van der Waals surface area contributed by atoms with Crippen molar-refractivity contribution in [2.45, 2.75) is 26.2 Å². The minimum absolute atomic E-state index is 0.516. The van der Waals surface area contributed by atoms with E-state index in [9.17, 15) is 26.3 Å². The fourth-order valence-corrected chi connectivity index (χ4v) is 13.5. The summed E-state index contributed by atoms with van der Waals surface area (Å²) in [6, 6.07) is 47.6. The number of aryl methyl sites for hydroxylation is 2. The Hall–Kier alpha value is -5.28. The Morgan fingerprint density at radius 1 is 0.339 bits per heavy atom. The van der Waals surface area contributed by atoms with Crippen molar-refractivity contribution in [3.05, 3.63) is 180 Å². The van der Waals surface area contributed by atoms with Crippen molar-refractivity contribution >= 4 is 90.5 Å². The van der Waals surface area contributed by atoms with Gasteiger partial charge < -0.3 is 0 Å². The van der Waals surface area contributed by atoms with Gasteiger partial charge in [0.15, 0.2) is 0 Å². The van der Waals surface area contributed by atoms with Gasteiger partial charge in [-0.1, -0.05) is 145 Å². The molecule has 0 aliphatic heterocycles. The molecule has 0 N–H and O–H groups in total. The number of halogens is 6. The van der Waals surface area contributed by atoms with Crippen LogP contribution in [-0.4, -0.2) is 12.6 Å². The molecular formula is C48H36F6P2. The number of hydrogen-bond donors (Lipinski definition) is 0. The molecule has 56 heavy (non-hydrogen) atoms. The zero-order chi connectivity index (χ0) is 39.6. The molecule has 0 spiro atoms. The second-order valence-electron chi connectivity index (χ2n) is 14.4. The van der Waals surface area contributed by atoms with Gasteiger partial charge >= 0.3 is 12.4 Å². The fourth-order valence-electron chi connectivity index (χ4n) is 7.71. The average molecular weight is 789 g/mol. The fraction of sp³-hybridized carbons (Fsp3) is 0.0833. The summed E-state index contributed by atoms with van der Waals surface area (Å²) in [5.74, 6) is 0. The summed E-state index contributed by atoms with van der Waals surface area (Å²) in [5.41, 5.74) is 0.720. The number of alkyl halides is 6. The molecule has 8 aromatic rings. The van der Waals surface area contributed by atoms with Crippen LogP contribution in [0.3, 0.4) is 0 Å². The van der Waals surface area contributed by atoms with Gasteiger partial charge in [-0.25, -0.2) is 0 Å². The van der Waals surface area contributed by atoms with E-state index in [1.165, 1.54) is 46.0 Å². The van der Waals surface area contributed by atoms with Crippen LogP contribution >= 0.6 is 13.8 Å². The van der Waals surface area contributed by atoms with E-state index in [-0.39, 0.29) is 0 Å². The van der Waals surface area contributed by atoms with Gasteiger partial charge in [0.05, 0.1) is 11.1 Å². The number of hydrogen-bond acceptors (Lipinski definition) is 0. The predicted molar refractivity (Wildman–Crippen MR) is 230 cm³/mol. The zero-order valence-electron chi connectivity index (χ0n) is 30.6. The highest BCUT2D eigenvalue weighted by atomic mass is 31.2. The Labute approximate surface area is 322 Å². The van der Waals surface area contributed by atoms with Gasteiger partial charge in [-0.2, -0.15) is 26.3 Å². The Kier molecular flexibility index (Phi) is 9.23. The van der Waals surface area contributed by atoms with Gasteiger partial charge in [0.2, 0.25) is 0 Å². The number of rotatable bonds is 6. The first-order valence-corrected chi connectivity index (χ1v) is 21.9. The Morgan fingerprint density at radius 3 is 0.911 bits per heavy atom. The summed E-state index contributed by atoms with van der Waals surface area (Å²) in [6.45, 7) is -1.19. The third-order valence-electron chi connectivity index (χ3n) is 10.9. The molecule has 280 valence electrons. The molecule has 0 amide bonds. The molecule has 0 saturated carbocycles. The van der Waals surface area contributed by atoms with Crippen LogP contribution in [0.2, 0.25) is 0 Å². The molecule has 0 atom stereocenters. The normalized spacial score (nSPS) is 12.8. The lowest BCUT2D eigenvalue weighted by Gasteiger charge is -2.28. The minimum Gasteiger partial charge on any atom is -0.166 e. The first-order chi connectivity index (χ1) is 26.6. The van der Waals surface area contributed by atoms with E-state index in [0.29, 0.717) is 10.6 Å². The third-order valence-corrected chi connectivity index (χ3v) is 17.9. The van der Waals surface area contributed by atoms with E-state index < -0.39 is 37.3 Å². The molecule has 0 saturated heterocycles. The van der Waals surface area contributed by atoms with Crippen molar-refractivity contribution in [1.82, 2.24) is 0 Å². The van der Waals surface area contributed by atoms with Crippen LogP contribution in [0.1, 0.15) is 22.3 Å². The monoisotopic (exact) mass is 788 g/mol. The summed E-state index contributed by atoms with van der Waals surface area (Å²) in [5, 5.41) is 11.2. The third kappa shape index (κ3) is 6.39. The number of benzene rings is 8. The lowest BCUT2D eigenvalue weighted by atomic mass is 9.94. The molecule has 0 aliphatic rings. The molecule has 0 unspecified atom stereocenters. The van der Waals surface area contributed by atoms with E-state index >= 15 is 0 Å². The SMILES string of the molecule is C=P(c1ccc(C)cc1)(c1ccc(C)cc1)c1ccc2c3ccc(P(=C)(c4ccc(C(F)(F)F)cc4)c4ccc(C(F)(F)F)cc4)cc3c3ccccc3c2c1. The quantitative estimate of drug-likeness (QED) is 0.0894. The molecule has 0 fully saturated rings. The smallest absolute Gasteiger partial charge is 0.166 e. The van der Waals surface area contributed by atoms with Crippen LogP contribution in [0.15, 0.2) is 158 Å². The Balaban J connectivity index is 1.36. The molecule has 0 aromatic heterocycles. The van der Waals surface area contributed by atoms with Crippen molar-refractivity contribution < 1.29 is 26.3 Å². The Bertz CT molecular complexity index is 2740. The van der Waals surface area contributed by atoms with Gasteiger partial charge in [0, 0.05) is 0 Å². The summed E-state index contributed by atoms with van der Waals surface area (Å²) < 4.78 is 81.9. The van der Waals surface area contributed by atoms with Crippen LogP contribution in [0.5, 0.6) is 0 Å². The van der Waals surface area contributed by atoms with Crippen LogP contribution in [0, 0.1) is 13.8 Å². The molecule has 8 rings (SSSR count). The van der Waals surface area contributed by atoms with Gasteiger partial charge in [-0.3, -0.25) is 0 Å². The number of fused-ring (bicyclic) bond motifs is 6. The van der Waals surface area contributed by atoms with Crippen LogP contribution in [0.25, 0.3) is 32.3 Å². The second-order valence-corrected chi connectivity index (χ2v) is 20.7. The van der Waals surface area contributed by atoms with E-state index in [1.54, 1.807) is 0 Å². The Morgan fingerprint density at radius 2 is 0.607 bits per heavy atom. The molecule has 0 bridgehead atoms. The van der Waals surface area contributed by atoms with Gasteiger partial charge in [-0.15, -0.1) is 0 Å². The van der Waals surface area contributed by atoms with Crippen LogP contribution in [-0.2, 0) is 12.4 Å². The van der Waals surface area contributed by atoms with Crippen LogP contribution in [0.4, 0.5) is 26.3 Å². The first kappa shape index (κ1) is 37.6. The maximum Gasteiger partial charge on any atom is 0.416 e. The lowest BCUT2D eigenvalue weighted by molar-refractivity contribution is -0.138. The highest BCUT2D eigenvalue weighted by Gasteiger charge is 2.33. The van der Waals surface area contributed by atoms with Crippen molar-refractivity contribution in [3.63, 3.8) is 0 Å². The van der Waals surface area contributed by atoms with Crippen molar-refractivity contribution in [2.24, 2.45) is 0 Å². The summed E-state index contributed by atoms with van der Waals surface area (Å²) in [4.78, 5) is 0.